The summed E-state index contributed by atoms with van der Waals surface area (Å²) in [6, 6.07) is -0.726. The first-order valence-electron chi connectivity index (χ1n) is 6.51. The maximum absolute atomic E-state index is 12.2. The van der Waals surface area contributed by atoms with Crippen LogP contribution in [0.4, 0.5) is 9.32 Å². The molecule has 118 valence electrons. The minimum absolute atomic E-state index is 0.0377. The van der Waals surface area contributed by atoms with E-state index in [-0.39, 0.29) is 6.54 Å². The van der Waals surface area contributed by atoms with Gasteiger partial charge in [-0.3, -0.25) is 20.1 Å². The van der Waals surface area contributed by atoms with Crippen molar-refractivity contribution >= 4 is 17.9 Å². The molecule has 8 nitrogen and oxygen atoms in total. The highest BCUT2D eigenvalue weighted by atomic mass is 19.3. The largest absolute Gasteiger partial charge is 0.365 e. The number of allylic oxidation sites excluding steroid dienone is 2. The predicted octanol–water partition coefficient (Wildman–Crippen LogP) is 0.763. The Morgan fingerprint density at radius 2 is 2.14 bits per heavy atom. The van der Waals surface area contributed by atoms with Crippen molar-refractivity contribution in [1.82, 2.24) is 15.7 Å². The second kappa shape index (κ2) is 7.58. The van der Waals surface area contributed by atoms with E-state index in [1.807, 2.05) is 6.92 Å². The molecule has 0 aliphatic carbocycles. The van der Waals surface area contributed by atoms with Crippen LogP contribution in [-0.4, -0.2) is 35.6 Å². The summed E-state index contributed by atoms with van der Waals surface area (Å²) in [4.78, 5) is 44.2. The fourth-order valence-corrected chi connectivity index (χ4v) is 1.82. The Hall–Kier alpha value is -2.16. The van der Waals surface area contributed by atoms with Crippen LogP contribution in [0.5, 0.6) is 0 Å². The monoisotopic (exact) mass is 303 g/mol. The van der Waals surface area contributed by atoms with Crippen molar-refractivity contribution in [3.05, 3.63) is 11.8 Å². The number of amides is 3. The third-order valence-corrected chi connectivity index (χ3v) is 3.04. The molecule has 0 bridgehead atoms. The Bertz CT molecular complexity index is 454. The molecule has 1 aliphatic rings. The molecule has 0 aromatic heterocycles. The number of nitrogens with zero attached hydrogens (tertiary/aromatic N) is 1. The van der Waals surface area contributed by atoms with Crippen LogP contribution >= 0.6 is 0 Å². The van der Waals surface area contributed by atoms with Crippen molar-refractivity contribution in [2.24, 2.45) is 5.92 Å². The average molecular weight is 303 g/mol. The summed E-state index contributed by atoms with van der Waals surface area (Å²) in [6.45, 7) is 5.19. The van der Waals surface area contributed by atoms with Gasteiger partial charge in [0.05, 0.1) is 0 Å². The number of hydrogen-bond acceptors (Lipinski definition) is 6. The van der Waals surface area contributed by atoms with Crippen LogP contribution in [0.2, 0.25) is 0 Å². The molecule has 0 spiro atoms. The molecular weight excluding hydrogens is 285 g/mol. The Kier molecular flexibility index (Phi) is 6.10. The lowest BCUT2D eigenvalue weighted by molar-refractivity contribution is -0.200. The Labute approximate surface area is 121 Å². The molecular formula is C12H18FN3O5. The fourth-order valence-electron chi connectivity index (χ4n) is 1.82. The van der Waals surface area contributed by atoms with E-state index in [1.165, 1.54) is 0 Å². The van der Waals surface area contributed by atoms with Crippen molar-refractivity contribution in [2.75, 3.05) is 6.54 Å². The van der Waals surface area contributed by atoms with Crippen molar-refractivity contribution in [3.63, 3.8) is 0 Å². The zero-order valence-electron chi connectivity index (χ0n) is 12.0. The zero-order valence-corrected chi connectivity index (χ0v) is 12.0. The Morgan fingerprint density at radius 3 is 2.62 bits per heavy atom. The average Bonchev–Trinajstić information content (AvgIpc) is 2.47. The van der Waals surface area contributed by atoms with Gasteiger partial charge in [-0.25, -0.2) is 14.4 Å². The second-order valence-electron chi connectivity index (χ2n) is 4.21. The van der Waals surface area contributed by atoms with E-state index in [4.69, 9.17) is 4.84 Å². The smallest absolute Gasteiger partial charge is 0.309 e. The molecule has 0 saturated carbocycles. The van der Waals surface area contributed by atoms with Gasteiger partial charge in [-0.2, -0.15) is 0 Å². The van der Waals surface area contributed by atoms with Gasteiger partial charge in [0.2, 0.25) is 5.91 Å². The lowest BCUT2D eigenvalue weighted by Crippen LogP contribution is -2.63. The molecule has 2 N–H and O–H groups in total. The van der Waals surface area contributed by atoms with E-state index >= 15 is 0 Å². The first-order chi connectivity index (χ1) is 9.99. The van der Waals surface area contributed by atoms with Crippen molar-refractivity contribution in [3.8, 4) is 0 Å². The lowest BCUT2D eigenvalue weighted by Gasteiger charge is -2.34. The second-order valence-corrected chi connectivity index (χ2v) is 4.21. The van der Waals surface area contributed by atoms with Crippen LogP contribution < -0.4 is 10.8 Å². The molecule has 0 aromatic rings. The number of hydrogen-bond donors (Lipinski definition) is 2. The van der Waals surface area contributed by atoms with Gasteiger partial charge in [0, 0.05) is 16.8 Å². The Morgan fingerprint density at radius 1 is 1.48 bits per heavy atom. The van der Waals surface area contributed by atoms with Gasteiger partial charge in [-0.15, -0.1) is 0 Å². The normalized spacial score (nSPS) is 22.9. The van der Waals surface area contributed by atoms with Gasteiger partial charge in [0.25, 0.3) is 0 Å². The standard InChI is InChI=1S/C12H18FN3O5/c1-4-7(5-2)15-21-9-8(11(18)20-13)10(17)16(6-3)12(19)14-9/h4,8-9,15H,5-6H2,1-3H3,(H,14,19). The number of hydroxylamine groups is 1. The molecule has 1 heterocycles. The van der Waals surface area contributed by atoms with Gasteiger partial charge in [-0.1, -0.05) is 13.0 Å². The SMILES string of the molecule is CC=C(CC)NOC1NC(=O)N(CC)C(=O)C1C(=O)OF. The summed E-state index contributed by atoms with van der Waals surface area (Å²) in [7, 11) is 0. The number of imide groups is 1. The summed E-state index contributed by atoms with van der Waals surface area (Å²) < 4.78 is 12.2. The summed E-state index contributed by atoms with van der Waals surface area (Å²) in [5, 5.41) is 2.30. The van der Waals surface area contributed by atoms with Gasteiger partial charge in [0.1, 0.15) is 0 Å². The minimum Gasteiger partial charge on any atom is -0.309 e. The summed E-state index contributed by atoms with van der Waals surface area (Å²) in [5.41, 5.74) is 3.19. The lowest BCUT2D eigenvalue weighted by atomic mass is 10.0. The van der Waals surface area contributed by atoms with Crippen LogP contribution in [-0.2, 0) is 19.4 Å². The summed E-state index contributed by atoms with van der Waals surface area (Å²) in [6.07, 6.45) is 0.954. The Balaban J connectivity index is 2.91. The molecule has 3 amide bonds. The molecule has 1 fully saturated rings. The first-order valence-corrected chi connectivity index (χ1v) is 6.51. The number of carbonyl (C=O) groups is 3. The van der Waals surface area contributed by atoms with Gasteiger partial charge in [-0.05, 0) is 20.3 Å². The molecule has 21 heavy (non-hydrogen) atoms. The van der Waals surface area contributed by atoms with Crippen LogP contribution in [0.3, 0.4) is 0 Å². The molecule has 0 radical (unpaired) electrons. The van der Waals surface area contributed by atoms with Crippen LogP contribution in [0.1, 0.15) is 27.2 Å². The van der Waals surface area contributed by atoms with Crippen LogP contribution in [0.15, 0.2) is 11.8 Å². The molecule has 9 heteroatoms. The van der Waals surface area contributed by atoms with Crippen molar-refractivity contribution < 1.29 is 28.7 Å². The maximum Gasteiger partial charge on any atom is 0.365 e. The highest BCUT2D eigenvalue weighted by molar-refractivity contribution is 6.07. The topological polar surface area (TPSA) is 97.0 Å². The number of nitrogens with one attached hydrogen (secondary N) is 2. The van der Waals surface area contributed by atoms with Crippen molar-refractivity contribution in [2.45, 2.75) is 33.4 Å². The maximum atomic E-state index is 12.2. The highest BCUT2D eigenvalue weighted by Crippen LogP contribution is 2.18. The van der Waals surface area contributed by atoms with Gasteiger partial charge >= 0.3 is 12.0 Å². The third kappa shape index (κ3) is 3.69. The van der Waals surface area contributed by atoms with E-state index in [9.17, 15) is 18.9 Å². The predicted molar refractivity (Wildman–Crippen MR) is 68.7 cm³/mol. The first kappa shape index (κ1) is 16.9. The van der Waals surface area contributed by atoms with Gasteiger partial charge < -0.3 is 5.32 Å². The highest BCUT2D eigenvalue weighted by Gasteiger charge is 2.47. The van der Waals surface area contributed by atoms with E-state index in [2.05, 4.69) is 15.7 Å². The van der Waals surface area contributed by atoms with E-state index < -0.39 is 30.1 Å². The van der Waals surface area contributed by atoms with Crippen LogP contribution in [0, 0.1) is 5.92 Å². The molecule has 1 aliphatic heterocycles. The summed E-state index contributed by atoms with van der Waals surface area (Å²) in [5.74, 6) is -3.92. The molecule has 0 aromatic carbocycles. The molecule has 2 unspecified atom stereocenters. The minimum atomic E-state index is -1.62. The molecule has 1 rings (SSSR count). The van der Waals surface area contributed by atoms with E-state index in [0.29, 0.717) is 12.1 Å². The van der Waals surface area contributed by atoms with Crippen LogP contribution in [0.25, 0.3) is 0 Å². The fraction of sp³-hybridized carbons (Fsp3) is 0.583. The van der Waals surface area contributed by atoms with Crippen molar-refractivity contribution in [1.29, 1.82) is 0 Å². The quantitative estimate of drug-likeness (QED) is 0.555. The number of carbonyl (C=O) groups excluding carboxylic acids is 3. The van der Waals surface area contributed by atoms with E-state index in [1.54, 1.807) is 19.9 Å². The summed E-state index contributed by atoms with van der Waals surface area (Å²) >= 11 is 0. The third-order valence-electron chi connectivity index (χ3n) is 3.04. The number of urea groups is 1. The van der Waals surface area contributed by atoms with Gasteiger partial charge in [0.15, 0.2) is 12.1 Å². The molecule has 1 saturated heterocycles. The molecule has 2 atom stereocenters. The zero-order chi connectivity index (χ0) is 16.0. The number of halogens is 1. The van der Waals surface area contributed by atoms with E-state index in [0.717, 1.165) is 4.90 Å². The number of rotatable bonds is 6.